The summed E-state index contributed by atoms with van der Waals surface area (Å²) in [6, 6.07) is 17.3. The van der Waals surface area contributed by atoms with Gasteiger partial charge < -0.3 is 9.47 Å². The van der Waals surface area contributed by atoms with Crippen molar-refractivity contribution in [3.05, 3.63) is 65.7 Å². The fourth-order valence-electron chi connectivity index (χ4n) is 2.38. The minimum atomic E-state index is -0.512. The number of ether oxygens (including phenoxy) is 2. The second kappa shape index (κ2) is 8.95. The lowest BCUT2D eigenvalue weighted by Crippen LogP contribution is -2.20. The third-order valence-electron chi connectivity index (χ3n) is 3.57. The van der Waals surface area contributed by atoms with E-state index in [-0.39, 0.29) is 24.8 Å². The van der Waals surface area contributed by atoms with E-state index in [9.17, 15) is 9.59 Å². The van der Waals surface area contributed by atoms with Crippen molar-refractivity contribution in [3.8, 4) is 16.9 Å². The zero-order valence-corrected chi connectivity index (χ0v) is 15.5. The van der Waals surface area contributed by atoms with E-state index < -0.39 is 5.97 Å². The smallest absolute Gasteiger partial charge is 0.357 e. The number of nitrogens with zero attached hydrogens (tertiary/aromatic N) is 1. The molecule has 0 aliphatic carbocycles. The van der Waals surface area contributed by atoms with Gasteiger partial charge in [0.15, 0.2) is 17.4 Å². The number of anilines is 1. The molecule has 6 nitrogen and oxygen atoms in total. The molecule has 27 heavy (non-hydrogen) atoms. The molecule has 0 radical (unpaired) electrons. The first-order chi connectivity index (χ1) is 13.2. The highest BCUT2D eigenvalue weighted by atomic mass is 32.1. The standard InChI is InChI=1S/C20H18N2O4S/c1-2-25-19(24)16-13-27-20(21-16)22-18(23)12-26-17-11-7-6-10-15(17)14-8-4-3-5-9-14/h3-11,13H,2,12H2,1H3,(H,21,22,23). The minimum Gasteiger partial charge on any atom is -0.483 e. The average Bonchev–Trinajstić information content (AvgIpc) is 3.16. The molecule has 138 valence electrons. The normalized spacial score (nSPS) is 10.3. The lowest BCUT2D eigenvalue weighted by atomic mass is 10.1. The van der Waals surface area contributed by atoms with Gasteiger partial charge in [-0.2, -0.15) is 0 Å². The monoisotopic (exact) mass is 382 g/mol. The Morgan fingerprint density at radius 3 is 2.59 bits per heavy atom. The maximum absolute atomic E-state index is 12.2. The molecule has 2 aromatic carbocycles. The molecule has 0 aliphatic heterocycles. The molecular weight excluding hydrogens is 364 g/mol. The largest absolute Gasteiger partial charge is 0.483 e. The minimum absolute atomic E-state index is 0.168. The Morgan fingerprint density at radius 2 is 1.81 bits per heavy atom. The molecule has 1 amide bonds. The van der Waals surface area contributed by atoms with Crippen LogP contribution in [-0.2, 0) is 9.53 Å². The molecular formula is C20H18N2O4S. The number of amides is 1. The number of hydrogen-bond acceptors (Lipinski definition) is 6. The Balaban J connectivity index is 1.61. The van der Waals surface area contributed by atoms with Gasteiger partial charge in [0.25, 0.3) is 5.91 Å². The summed E-state index contributed by atoms with van der Waals surface area (Å²) in [5.41, 5.74) is 2.09. The molecule has 1 aromatic heterocycles. The van der Waals surface area contributed by atoms with Crippen molar-refractivity contribution in [3.63, 3.8) is 0 Å². The highest BCUT2D eigenvalue weighted by Crippen LogP contribution is 2.29. The summed E-state index contributed by atoms with van der Waals surface area (Å²) in [6.45, 7) is 1.82. The number of carbonyl (C=O) groups is 2. The number of para-hydroxylation sites is 1. The van der Waals surface area contributed by atoms with Crippen LogP contribution in [0.15, 0.2) is 60.0 Å². The number of benzene rings is 2. The van der Waals surface area contributed by atoms with Gasteiger partial charge in [0.2, 0.25) is 0 Å². The van der Waals surface area contributed by atoms with Gasteiger partial charge in [0.05, 0.1) is 6.61 Å². The molecule has 0 unspecified atom stereocenters. The van der Waals surface area contributed by atoms with Crippen molar-refractivity contribution in [1.29, 1.82) is 0 Å². The van der Waals surface area contributed by atoms with Gasteiger partial charge >= 0.3 is 5.97 Å². The summed E-state index contributed by atoms with van der Waals surface area (Å²) in [7, 11) is 0. The van der Waals surface area contributed by atoms with E-state index in [2.05, 4.69) is 10.3 Å². The first-order valence-corrected chi connectivity index (χ1v) is 9.25. The average molecular weight is 382 g/mol. The van der Waals surface area contributed by atoms with E-state index >= 15 is 0 Å². The van der Waals surface area contributed by atoms with Gasteiger partial charge in [-0.1, -0.05) is 48.5 Å². The molecule has 0 aliphatic rings. The van der Waals surface area contributed by atoms with E-state index in [0.717, 1.165) is 22.5 Å². The number of rotatable bonds is 7. The van der Waals surface area contributed by atoms with E-state index in [1.807, 2.05) is 54.6 Å². The summed E-state index contributed by atoms with van der Waals surface area (Å²) < 4.78 is 10.6. The molecule has 3 aromatic rings. The first-order valence-electron chi connectivity index (χ1n) is 8.37. The van der Waals surface area contributed by atoms with Crippen LogP contribution in [0, 0.1) is 0 Å². The van der Waals surface area contributed by atoms with E-state index in [1.165, 1.54) is 0 Å². The summed E-state index contributed by atoms with van der Waals surface area (Å²) >= 11 is 1.15. The fraction of sp³-hybridized carbons (Fsp3) is 0.150. The number of esters is 1. The zero-order chi connectivity index (χ0) is 19.1. The lowest BCUT2D eigenvalue weighted by molar-refractivity contribution is -0.118. The highest BCUT2D eigenvalue weighted by Gasteiger charge is 2.14. The van der Waals surface area contributed by atoms with Crippen molar-refractivity contribution < 1.29 is 19.1 Å². The van der Waals surface area contributed by atoms with Gasteiger partial charge in [-0.3, -0.25) is 10.1 Å². The summed E-state index contributed by atoms with van der Waals surface area (Å²) in [4.78, 5) is 27.8. The third-order valence-corrected chi connectivity index (χ3v) is 4.32. The molecule has 3 rings (SSSR count). The topological polar surface area (TPSA) is 77.5 Å². The van der Waals surface area contributed by atoms with Crippen molar-refractivity contribution >= 4 is 28.3 Å². The molecule has 0 saturated heterocycles. The Hall–Kier alpha value is -3.19. The Labute approximate surface area is 160 Å². The van der Waals surface area contributed by atoms with Crippen LogP contribution in [0.2, 0.25) is 0 Å². The SMILES string of the molecule is CCOC(=O)c1csc(NC(=O)COc2ccccc2-c2ccccc2)n1. The van der Waals surface area contributed by atoms with E-state index in [0.29, 0.717) is 10.9 Å². The molecule has 0 saturated carbocycles. The zero-order valence-electron chi connectivity index (χ0n) is 14.7. The van der Waals surface area contributed by atoms with E-state index in [4.69, 9.17) is 9.47 Å². The summed E-state index contributed by atoms with van der Waals surface area (Å²) in [5, 5.41) is 4.49. The van der Waals surface area contributed by atoms with Crippen molar-refractivity contribution in [2.24, 2.45) is 0 Å². The van der Waals surface area contributed by atoms with Gasteiger partial charge in [0.1, 0.15) is 5.75 Å². The fourth-order valence-corrected chi connectivity index (χ4v) is 3.07. The molecule has 0 fully saturated rings. The Kier molecular flexibility index (Phi) is 6.17. The van der Waals surface area contributed by atoms with Crippen molar-refractivity contribution in [1.82, 2.24) is 4.98 Å². The van der Waals surface area contributed by atoms with Gasteiger partial charge in [-0.25, -0.2) is 9.78 Å². The second-order valence-electron chi connectivity index (χ2n) is 5.46. The summed E-state index contributed by atoms with van der Waals surface area (Å²) in [5.74, 6) is -0.255. The molecule has 1 heterocycles. The van der Waals surface area contributed by atoms with Gasteiger partial charge in [0, 0.05) is 10.9 Å². The van der Waals surface area contributed by atoms with Crippen LogP contribution in [0.25, 0.3) is 11.1 Å². The maximum atomic E-state index is 12.2. The predicted octanol–water partition coefficient (Wildman–Crippen LogP) is 4.00. The molecule has 0 spiro atoms. The molecule has 1 N–H and O–H groups in total. The van der Waals surface area contributed by atoms with Crippen LogP contribution < -0.4 is 10.1 Å². The molecule has 0 bridgehead atoms. The number of nitrogens with one attached hydrogen (secondary N) is 1. The van der Waals surface area contributed by atoms with Crippen molar-refractivity contribution in [2.75, 3.05) is 18.5 Å². The quantitative estimate of drug-likeness (QED) is 0.625. The molecule has 7 heteroatoms. The first kappa shape index (κ1) is 18.6. The third kappa shape index (κ3) is 4.92. The van der Waals surface area contributed by atoms with Gasteiger partial charge in [-0.15, -0.1) is 11.3 Å². The number of thiazole rings is 1. The number of aromatic nitrogens is 1. The van der Waals surface area contributed by atoms with Crippen LogP contribution in [0.1, 0.15) is 17.4 Å². The highest BCUT2D eigenvalue weighted by molar-refractivity contribution is 7.14. The Morgan fingerprint density at radius 1 is 1.07 bits per heavy atom. The van der Waals surface area contributed by atoms with Crippen LogP contribution >= 0.6 is 11.3 Å². The van der Waals surface area contributed by atoms with Crippen LogP contribution in [0.5, 0.6) is 5.75 Å². The summed E-state index contributed by atoms with van der Waals surface area (Å²) in [6.07, 6.45) is 0. The van der Waals surface area contributed by atoms with Crippen LogP contribution in [0.4, 0.5) is 5.13 Å². The molecule has 0 atom stereocenters. The lowest BCUT2D eigenvalue weighted by Gasteiger charge is -2.11. The number of carbonyl (C=O) groups excluding carboxylic acids is 2. The van der Waals surface area contributed by atoms with Gasteiger partial charge in [-0.05, 0) is 18.6 Å². The Bertz CT molecular complexity index is 924. The maximum Gasteiger partial charge on any atom is 0.357 e. The predicted molar refractivity (Wildman–Crippen MR) is 104 cm³/mol. The van der Waals surface area contributed by atoms with E-state index in [1.54, 1.807) is 12.3 Å². The van der Waals surface area contributed by atoms with Crippen LogP contribution in [-0.4, -0.2) is 30.1 Å². The van der Waals surface area contributed by atoms with Crippen LogP contribution in [0.3, 0.4) is 0 Å². The second-order valence-corrected chi connectivity index (χ2v) is 6.32. The van der Waals surface area contributed by atoms with Crippen molar-refractivity contribution in [2.45, 2.75) is 6.92 Å². The number of hydrogen-bond donors (Lipinski definition) is 1.